The lowest BCUT2D eigenvalue weighted by Gasteiger charge is -2.05. The number of rotatable bonds is 1. The van der Waals surface area contributed by atoms with Crippen LogP contribution in [0.25, 0.3) is 0 Å². The number of carbonyl (C=O) groups excluding carboxylic acids is 1. The number of hydrogen-bond donors (Lipinski definition) is 0. The maximum atomic E-state index is 13.7. The largest absolute Gasteiger partial charge is 0.404 e. The van der Waals surface area contributed by atoms with Crippen LogP contribution in [-0.4, -0.2) is 17.4 Å². The zero-order chi connectivity index (χ0) is 12.1. The van der Waals surface area contributed by atoms with E-state index in [1.54, 1.807) is 13.8 Å². The lowest BCUT2D eigenvalue weighted by atomic mass is 10.1. The van der Waals surface area contributed by atoms with Gasteiger partial charge >= 0.3 is 5.97 Å². The topological polar surface area (TPSA) is 38.7 Å². The van der Waals surface area contributed by atoms with Gasteiger partial charge in [0.05, 0.1) is 8.26 Å². The van der Waals surface area contributed by atoms with E-state index in [9.17, 15) is 9.18 Å². The molecule has 86 valence electrons. The van der Waals surface area contributed by atoms with Crippen LogP contribution in [0.4, 0.5) is 4.39 Å². The molecule has 0 radical (unpaired) electrons. The minimum absolute atomic E-state index is 0.0453. The average molecular weight is 371 g/mol. The molecule has 0 saturated heterocycles. The summed E-state index contributed by atoms with van der Waals surface area (Å²) in [5.74, 6) is -0.896. The van der Waals surface area contributed by atoms with E-state index in [2.05, 4.69) is 36.9 Å². The van der Waals surface area contributed by atoms with Crippen LogP contribution in [0.5, 0.6) is 0 Å². The van der Waals surface area contributed by atoms with Gasteiger partial charge in [-0.05, 0) is 45.7 Å². The number of thiophene rings is 1. The van der Waals surface area contributed by atoms with E-state index in [4.69, 9.17) is 4.74 Å². The van der Waals surface area contributed by atoms with E-state index < -0.39 is 17.3 Å². The fourth-order valence-electron chi connectivity index (χ4n) is 1.13. The van der Waals surface area contributed by atoms with Crippen molar-refractivity contribution in [1.82, 2.24) is 0 Å². The molecule has 1 aliphatic rings. The number of halogens is 3. The Bertz CT molecular complexity index is 510. The second kappa shape index (κ2) is 3.89. The normalized spacial score (nSPS) is 18.6. The molecule has 1 aromatic rings. The van der Waals surface area contributed by atoms with Gasteiger partial charge in [-0.15, -0.1) is 11.3 Å². The highest BCUT2D eigenvalue weighted by Gasteiger charge is 2.39. The lowest BCUT2D eigenvalue weighted by molar-refractivity contribution is -0.137. The molecule has 1 aliphatic heterocycles. The molecular formula is C9H6Br2FNO2S. The molecule has 3 nitrogen and oxygen atoms in total. The zero-order valence-electron chi connectivity index (χ0n) is 8.31. The smallest absolute Gasteiger partial charge is 0.340 e. The van der Waals surface area contributed by atoms with Gasteiger partial charge in [0, 0.05) is 0 Å². The van der Waals surface area contributed by atoms with Crippen molar-refractivity contribution in [3.8, 4) is 0 Å². The van der Waals surface area contributed by atoms with Gasteiger partial charge < -0.3 is 4.74 Å². The summed E-state index contributed by atoms with van der Waals surface area (Å²) >= 11 is 7.41. The summed E-state index contributed by atoms with van der Waals surface area (Å²) in [5, 5.41) is 0. The molecule has 0 unspecified atom stereocenters. The van der Waals surface area contributed by atoms with Crippen molar-refractivity contribution in [2.45, 2.75) is 19.4 Å². The van der Waals surface area contributed by atoms with Crippen LogP contribution in [0.1, 0.15) is 18.7 Å². The quantitative estimate of drug-likeness (QED) is 0.709. The summed E-state index contributed by atoms with van der Waals surface area (Å²) in [6.07, 6.45) is 0. The van der Waals surface area contributed by atoms with E-state index in [0.29, 0.717) is 8.26 Å². The van der Waals surface area contributed by atoms with Crippen molar-refractivity contribution in [2.24, 2.45) is 4.99 Å². The average Bonchev–Trinajstić information content (AvgIpc) is 2.59. The number of nitrogens with zero attached hydrogens (tertiary/aromatic N) is 1. The number of esters is 1. The predicted molar refractivity (Wildman–Crippen MR) is 66.4 cm³/mol. The van der Waals surface area contributed by atoms with Gasteiger partial charge in [0.15, 0.2) is 11.4 Å². The SMILES string of the molecule is CC1(C)N=C(c2sc(Br)c(Br)c2F)OC1=O. The van der Waals surface area contributed by atoms with Crippen molar-refractivity contribution in [3.63, 3.8) is 0 Å². The molecule has 0 bridgehead atoms. The molecule has 0 N–H and O–H groups in total. The Kier molecular flexibility index (Phi) is 2.96. The minimum Gasteiger partial charge on any atom is -0.404 e. The molecule has 2 rings (SSSR count). The first-order valence-corrected chi connectivity index (χ1v) is 6.69. The first-order valence-electron chi connectivity index (χ1n) is 4.28. The third kappa shape index (κ3) is 1.84. The molecule has 0 saturated carbocycles. The maximum Gasteiger partial charge on any atom is 0.340 e. The van der Waals surface area contributed by atoms with Crippen LogP contribution in [-0.2, 0) is 9.53 Å². The van der Waals surface area contributed by atoms with Gasteiger partial charge in [-0.2, -0.15) is 0 Å². The highest BCUT2D eigenvalue weighted by molar-refractivity contribution is 9.13. The van der Waals surface area contributed by atoms with Gasteiger partial charge in [-0.25, -0.2) is 14.2 Å². The van der Waals surface area contributed by atoms with Crippen LogP contribution >= 0.6 is 43.2 Å². The Morgan fingerprint density at radius 2 is 2.06 bits per heavy atom. The molecule has 16 heavy (non-hydrogen) atoms. The number of cyclic esters (lactones) is 1. The third-order valence-electron chi connectivity index (χ3n) is 2.02. The maximum absolute atomic E-state index is 13.7. The van der Waals surface area contributed by atoms with Crippen LogP contribution < -0.4 is 0 Å². The summed E-state index contributed by atoms with van der Waals surface area (Å²) in [6.45, 7) is 3.25. The zero-order valence-corrected chi connectivity index (χ0v) is 12.3. The molecule has 0 aromatic carbocycles. The Morgan fingerprint density at radius 1 is 1.44 bits per heavy atom. The number of ether oxygens (including phenoxy) is 1. The minimum atomic E-state index is -0.940. The van der Waals surface area contributed by atoms with Crippen molar-refractivity contribution < 1.29 is 13.9 Å². The van der Waals surface area contributed by atoms with Gasteiger partial charge in [0.1, 0.15) is 4.88 Å². The van der Waals surface area contributed by atoms with E-state index in [0.717, 1.165) is 11.3 Å². The lowest BCUT2D eigenvalue weighted by Crippen LogP contribution is -2.25. The van der Waals surface area contributed by atoms with E-state index in [-0.39, 0.29) is 10.8 Å². The molecule has 2 heterocycles. The molecule has 7 heteroatoms. The summed E-state index contributed by atoms with van der Waals surface area (Å²) in [7, 11) is 0. The summed E-state index contributed by atoms with van der Waals surface area (Å²) in [4.78, 5) is 15.7. The fraction of sp³-hybridized carbons (Fsp3) is 0.333. The molecule has 1 aromatic heterocycles. The molecule has 0 spiro atoms. The molecule has 0 amide bonds. The Labute approximate surface area is 112 Å². The van der Waals surface area contributed by atoms with E-state index in [1.165, 1.54) is 0 Å². The van der Waals surface area contributed by atoms with Crippen LogP contribution in [0.3, 0.4) is 0 Å². The van der Waals surface area contributed by atoms with Gasteiger partial charge in [-0.3, -0.25) is 0 Å². The third-order valence-corrected chi connectivity index (χ3v) is 5.38. The molecular weight excluding hydrogens is 365 g/mol. The number of aliphatic imine (C=N–C) groups is 1. The highest BCUT2D eigenvalue weighted by Crippen LogP contribution is 2.38. The van der Waals surface area contributed by atoms with Gasteiger partial charge in [0.25, 0.3) is 0 Å². The van der Waals surface area contributed by atoms with Crippen molar-refractivity contribution in [2.75, 3.05) is 0 Å². The highest BCUT2D eigenvalue weighted by atomic mass is 79.9. The first-order chi connectivity index (χ1) is 7.33. The Balaban J connectivity index is 2.48. The molecule has 0 atom stereocenters. The monoisotopic (exact) mass is 369 g/mol. The Hall–Kier alpha value is -0.270. The molecule has 0 aliphatic carbocycles. The van der Waals surface area contributed by atoms with Crippen molar-refractivity contribution in [1.29, 1.82) is 0 Å². The van der Waals surface area contributed by atoms with Crippen molar-refractivity contribution >= 4 is 55.1 Å². The van der Waals surface area contributed by atoms with E-state index >= 15 is 0 Å². The second-order valence-corrected chi connectivity index (χ2v) is 6.83. The Morgan fingerprint density at radius 3 is 2.44 bits per heavy atom. The summed E-state index contributed by atoms with van der Waals surface area (Å²) < 4.78 is 19.6. The summed E-state index contributed by atoms with van der Waals surface area (Å²) in [5.41, 5.74) is -0.940. The fourth-order valence-corrected chi connectivity index (χ4v) is 3.09. The van der Waals surface area contributed by atoms with Crippen LogP contribution in [0.15, 0.2) is 13.3 Å². The van der Waals surface area contributed by atoms with E-state index in [1.807, 2.05) is 0 Å². The second-order valence-electron chi connectivity index (χ2n) is 3.70. The van der Waals surface area contributed by atoms with Crippen LogP contribution in [0, 0.1) is 5.82 Å². The first kappa shape index (κ1) is 12.2. The number of carbonyl (C=O) groups is 1. The summed E-state index contributed by atoms with van der Waals surface area (Å²) in [6, 6.07) is 0. The van der Waals surface area contributed by atoms with Gasteiger partial charge in [0.2, 0.25) is 5.90 Å². The standard InChI is InChI=1S/C9H6Br2FNO2S/c1-9(2)8(14)15-7(13-9)5-4(12)3(10)6(11)16-5/h1-2H3. The van der Waals surface area contributed by atoms with Gasteiger partial charge in [-0.1, -0.05) is 0 Å². The predicted octanol–water partition coefficient (Wildman–Crippen LogP) is 3.49. The van der Waals surface area contributed by atoms with Crippen LogP contribution in [0.2, 0.25) is 0 Å². The van der Waals surface area contributed by atoms with Crippen molar-refractivity contribution in [3.05, 3.63) is 19.0 Å². The molecule has 0 fully saturated rings. The number of hydrogen-bond acceptors (Lipinski definition) is 4.